The van der Waals surface area contributed by atoms with E-state index in [2.05, 4.69) is 9.97 Å². The zero-order valence-corrected chi connectivity index (χ0v) is 18.6. The summed E-state index contributed by atoms with van der Waals surface area (Å²) < 4.78 is 29.7. The summed E-state index contributed by atoms with van der Waals surface area (Å²) in [4.78, 5) is 16.0. The Morgan fingerprint density at radius 1 is 1.00 bits per heavy atom. The van der Waals surface area contributed by atoms with Gasteiger partial charge in [-0.15, -0.1) is 0 Å². The molecule has 164 valence electrons. The maximum atomic E-state index is 13.1. The highest BCUT2D eigenvalue weighted by atomic mass is 32.2. The predicted molar refractivity (Wildman–Crippen MR) is 123 cm³/mol. The van der Waals surface area contributed by atoms with Gasteiger partial charge in [0.2, 0.25) is 16.0 Å². The molecule has 1 aliphatic heterocycles. The van der Waals surface area contributed by atoms with E-state index in [9.17, 15) is 8.42 Å². The minimum atomic E-state index is -3.53. The first-order chi connectivity index (χ1) is 15.5. The number of imidazole rings is 1. The molecular formula is C23H24N6O2S. The van der Waals surface area contributed by atoms with Crippen LogP contribution in [0.4, 0.5) is 5.95 Å². The summed E-state index contributed by atoms with van der Waals surface area (Å²) in [5.74, 6) is 1.28. The van der Waals surface area contributed by atoms with Crippen molar-refractivity contribution in [1.82, 2.24) is 23.8 Å². The Bertz CT molecular complexity index is 1340. The number of para-hydroxylation sites is 2. The van der Waals surface area contributed by atoms with Crippen molar-refractivity contribution < 1.29 is 8.42 Å². The van der Waals surface area contributed by atoms with Crippen LogP contribution in [0.5, 0.6) is 0 Å². The van der Waals surface area contributed by atoms with Crippen LogP contribution in [0, 0.1) is 0 Å². The summed E-state index contributed by atoms with van der Waals surface area (Å²) in [6.07, 6.45) is 5.14. The molecule has 0 saturated carbocycles. The minimum Gasteiger partial charge on any atom is -0.340 e. The van der Waals surface area contributed by atoms with Crippen molar-refractivity contribution in [2.24, 2.45) is 0 Å². The number of likely N-dealkylation sites (N-methyl/N-ethyl adjacent to an activating group) is 1. The molecule has 0 radical (unpaired) electrons. The summed E-state index contributed by atoms with van der Waals surface area (Å²) in [6.45, 7) is 0.915. The van der Waals surface area contributed by atoms with Crippen LogP contribution < -0.4 is 4.90 Å². The average molecular weight is 449 g/mol. The molecule has 2 aromatic carbocycles. The van der Waals surface area contributed by atoms with E-state index in [1.165, 1.54) is 0 Å². The van der Waals surface area contributed by atoms with Crippen molar-refractivity contribution in [2.75, 3.05) is 25.0 Å². The number of hydrogen-bond donors (Lipinski definition) is 0. The molecule has 4 aromatic rings. The molecule has 5 rings (SSSR count). The first kappa shape index (κ1) is 20.6. The van der Waals surface area contributed by atoms with Gasteiger partial charge in [0.05, 0.1) is 15.9 Å². The van der Waals surface area contributed by atoms with Gasteiger partial charge in [0.25, 0.3) is 0 Å². The molecule has 3 heterocycles. The largest absolute Gasteiger partial charge is 0.340 e. The van der Waals surface area contributed by atoms with Crippen LogP contribution in [0.1, 0.15) is 12.8 Å². The molecule has 8 nitrogen and oxygen atoms in total. The van der Waals surface area contributed by atoms with Crippen LogP contribution >= 0.6 is 0 Å². The number of aromatic nitrogens is 4. The van der Waals surface area contributed by atoms with E-state index in [0.717, 1.165) is 29.7 Å². The van der Waals surface area contributed by atoms with Gasteiger partial charge in [-0.1, -0.05) is 30.3 Å². The van der Waals surface area contributed by atoms with Gasteiger partial charge >= 0.3 is 0 Å². The van der Waals surface area contributed by atoms with Gasteiger partial charge in [0, 0.05) is 32.4 Å². The quantitative estimate of drug-likeness (QED) is 0.467. The Morgan fingerprint density at radius 2 is 1.78 bits per heavy atom. The minimum absolute atomic E-state index is 0.0166. The van der Waals surface area contributed by atoms with Crippen molar-refractivity contribution in [3.05, 3.63) is 73.2 Å². The van der Waals surface area contributed by atoms with Crippen LogP contribution in [0.2, 0.25) is 0 Å². The molecule has 32 heavy (non-hydrogen) atoms. The molecule has 9 heteroatoms. The second-order valence-corrected chi connectivity index (χ2v) is 9.84. The second kappa shape index (κ2) is 8.33. The molecule has 0 N–H and O–H groups in total. The Hall–Kier alpha value is -3.30. The molecule has 0 spiro atoms. The third-order valence-electron chi connectivity index (χ3n) is 5.93. The number of hydrogen-bond acceptors (Lipinski definition) is 6. The van der Waals surface area contributed by atoms with Crippen LogP contribution in [-0.4, -0.2) is 58.4 Å². The molecule has 1 fully saturated rings. The summed E-state index contributed by atoms with van der Waals surface area (Å²) in [5, 5.41) is 0. The molecule has 1 atom stereocenters. The van der Waals surface area contributed by atoms with E-state index in [0.29, 0.717) is 23.9 Å². The Kier molecular flexibility index (Phi) is 5.36. The van der Waals surface area contributed by atoms with E-state index >= 15 is 0 Å². The molecule has 1 unspecified atom stereocenters. The van der Waals surface area contributed by atoms with E-state index in [-0.39, 0.29) is 6.04 Å². The van der Waals surface area contributed by atoms with Crippen molar-refractivity contribution in [1.29, 1.82) is 0 Å². The molecule has 2 aromatic heterocycles. The Morgan fingerprint density at radius 3 is 2.62 bits per heavy atom. The third-order valence-corrected chi connectivity index (χ3v) is 7.81. The molecule has 1 aliphatic rings. The van der Waals surface area contributed by atoms with Crippen LogP contribution in [0.3, 0.4) is 0 Å². The number of piperidine rings is 1. The average Bonchev–Trinajstić information content (AvgIpc) is 3.28. The Labute approximate surface area is 187 Å². The van der Waals surface area contributed by atoms with Gasteiger partial charge in [-0.25, -0.2) is 18.4 Å². The van der Waals surface area contributed by atoms with E-state index < -0.39 is 10.0 Å². The molecular weight excluding hydrogens is 424 g/mol. The predicted octanol–water partition coefficient (Wildman–Crippen LogP) is 3.11. The fourth-order valence-corrected chi connectivity index (χ4v) is 5.68. The van der Waals surface area contributed by atoms with Gasteiger partial charge in [-0.05, 0) is 43.2 Å². The van der Waals surface area contributed by atoms with Gasteiger partial charge < -0.3 is 4.90 Å². The van der Waals surface area contributed by atoms with E-state index in [1.807, 2.05) is 52.9 Å². The molecule has 1 saturated heterocycles. The first-order valence-electron chi connectivity index (χ1n) is 10.6. The number of anilines is 1. The highest BCUT2D eigenvalue weighted by Gasteiger charge is 2.32. The number of rotatable bonds is 5. The maximum absolute atomic E-state index is 13.1. The normalized spacial score (nSPS) is 17.5. The van der Waals surface area contributed by atoms with Crippen molar-refractivity contribution in [2.45, 2.75) is 23.8 Å². The first-order valence-corrected chi connectivity index (χ1v) is 12.0. The van der Waals surface area contributed by atoms with Crippen LogP contribution in [0.25, 0.3) is 16.9 Å². The second-order valence-electron chi connectivity index (χ2n) is 7.90. The van der Waals surface area contributed by atoms with Gasteiger partial charge in [-0.3, -0.25) is 4.57 Å². The van der Waals surface area contributed by atoms with Crippen molar-refractivity contribution in [3.63, 3.8) is 0 Å². The summed E-state index contributed by atoms with van der Waals surface area (Å²) in [7, 11) is -1.60. The maximum Gasteiger partial charge on any atom is 0.243 e. The zero-order valence-electron chi connectivity index (χ0n) is 17.7. The standard InChI is InChI=1S/C23H24N6O2S/c1-27(18-8-7-15-28(16-18)32(30,31)19-9-3-2-4-10-19)23-24-14-13-22(26-23)29-17-25-20-11-5-6-12-21(20)29/h2-6,9-14,17-18H,7-8,15-16H2,1H3. The van der Waals surface area contributed by atoms with Gasteiger partial charge in [0.15, 0.2) is 0 Å². The number of fused-ring (bicyclic) bond motifs is 1. The highest BCUT2D eigenvalue weighted by molar-refractivity contribution is 7.89. The lowest BCUT2D eigenvalue weighted by Crippen LogP contribution is -2.49. The number of nitrogens with zero attached hydrogens (tertiary/aromatic N) is 6. The van der Waals surface area contributed by atoms with Crippen molar-refractivity contribution >= 4 is 27.0 Å². The van der Waals surface area contributed by atoms with Gasteiger partial charge in [-0.2, -0.15) is 9.29 Å². The fraction of sp³-hybridized carbons (Fsp3) is 0.261. The smallest absolute Gasteiger partial charge is 0.243 e. The monoisotopic (exact) mass is 448 g/mol. The lowest BCUT2D eigenvalue weighted by atomic mass is 10.1. The topological polar surface area (TPSA) is 84.2 Å². The van der Waals surface area contributed by atoms with Crippen LogP contribution in [0.15, 0.2) is 78.1 Å². The molecule has 0 amide bonds. The molecule has 0 bridgehead atoms. The highest BCUT2D eigenvalue weighted by Crippen LogP contribution is 2.25. The third kappa shape index (κ3) is 3.74. The van der Waals surface area contributed by atoms with E-state index in [4.69, 9.17) is 4.98 Å². The van der Waals surface area contributed by atoms with Gasteiger partial charge in [0.1, 0.15) is 12.1 Å². The SMILES string of the molecule is CN(c1nccc(-n2cnc3ccccc32)n1)C1CCCN(S(=O)(=O)c2ccccc2)C1. The van der Waals surface area contributed by atoms with Crippen LogP contribution in [-0.2, 0) is 10.0 Å². The lowest BCUT2D eigenvalue weighted by molar-refractivity contribution is 0.309. The number of sulfonamides is 1. The summed E-state index contributed by atoms with van der Waals surface area (Å²) >= 11 is 0. The number of benzene rings is 2. The fourth-order valence-electron chi connectivity index (χ4n) is 4.15. The molecule has 0 aliphatic carbocycles. The Balaban J connectivity index is 1.40. The summed E-state index contributed by atoms with van der Waals surface area (Å²) in [6, 6.07) is 18.3. The zero-order chi connectivity index (χ0) is 22.1. The van der Waals surface area contributed by atoms with Crippen molar-refractivity contribution in [3.8, 4) is 5.82 Å². The summed E-state index contributed by atoms with van der Waals surface area (Å²) in [5.41, 5.74) is 1.87. The van der Waals surface area contributed by atoms with E-state index in [1.54, 1.807) is 41.1 Å². The lowest BCUT2D eigenvalue weighted by Gasteiger charge is -2.37.